The lowest BCUT2D eigenvalue weighted by Gasteiger charge is -2.36. The fourth-order valence-electron chi connectivity index (χ4n) is 4.03. The van der Waals surface area contributed by atoms with Gasteiger partial charge < -0.3 is 10.3 Å². The summed E-state index contributed by atoms with van der Waals surface area (Å²) in [5, 5.41) is 3.05. The molecule has 1 aromatic heterocycles. The number of alkyl halides is 3. The van der Waals surface area contributed by atoms with Crippen molar-refractivity contribution >= 4 is 5.91 Å². The van der Waals surface area contributed by atoms with Crippen molar-refractivity contribution in [2.45, 2.75) is 56.7 Å². The van der Waals surface area contributed by atoms with Gasteiger partial charge in [-0.3, -0.25) is 4.79 Å². The average molecular weight is 362 g/mol. The molecule has 1 amide bonds. The summed E-state index contributed by atoms with van der Waals surface area (Å²) in [4.78, 5) is 15.6. The minimum absolute atomic E-state index is 0.0657. The normalized spacial score (nSPS) is 22.4. The van der Waals surface area contributed by atoms with Gasteiger partial charge in [0.15, 0.2) is 0 Å². The highest BCUT2D eigenvalue weighted by molar-refractivity contribution is 5.94. The Balaban J connectivity index is 1.34. The van der Waals surface area contributed by atoms with Crippen molar-refractivity contribution in [3.05, 3.63) is 58.4 Å². The number of nitrogens with one attached hydrogen (secondary N) is 2. The van der Waals surface area contributed by atoms with Crippen LogP contribution in [0, 0.1) is 0 Å². The number of H-pyrrole nitrogens is 1. The number of aromatic nitrogens is 1. The third kappa shape index (κ3) is 3.24. The molecule has 2 aliphatic rings. The molecule has 1 aromatic carbocycles. The van der Waals surface area contributed by atoms with E-state index >= 15 is 0 Å². The molecule has 0 unspecified atom stereocenters. The van der Waals surface area contributed by atoms with Crippen LogP contribution in [0.4, 0.5) is 13.2 Å². The third-order valence-corrected chi connectivity index (χ3v) is 5.61. The van der Waals surface area contributed by atoms with Crippen LogP contribution < -0.4 is 5.32 Å². The number of amides is 1. The fourth-order valence-corrected chi connectivity index (χ4v) is 4.03. The molecule has 2 N–H and O–H groups in total. The molecule has 6 heteroatoms. The molecule has 1 fully saturated rings. The molecule has 0 atom stereocenters. The highest BCUT2D eigenvalue weighted by atomic mass is 19.4. The molecule has 2 aliphatic carbocycles. The van der Waals surface area contributed by atoms with E-state index in [1.807, 2.05) is 6.20 Å². The number of rotatable bonds is 3. The van der Waals surface area contributed by atoms with Gasteiger partial charge in [-0.15, -0.1) is 0 Å². The Hall–Kier alpha value is -2.24. The summed E-state index contributed by atoms with van der Waals surface area (Å²) in [6.45, 7) is 0. The zero-order valence-corrected chi connectivity index (χ0v) is 14.3. The summed E-state index contributed by atoms with van der Waals surface area (Å²) in [5.41, 5.74) is 3.35. The van der Waals surface area contributed by atoms with Gasteiger partial charge in [-0.2, -0.15) is 13.2 Å². The maximum Gasteiger partial charge on any atom is 0.416 e. The van der Waals surface area contributed by atoms with Crippen LogP contribution in [0.3, 0.4) is 0 Å². The molecule has 1 heterocycles. The smallest absolute Gasteiger partial charge is 0.357 e. The maximum absolute atomic E-state index is 12.6. The predicted octanol–water partition coefficient (Wildman–Crippen LogP) is 4.59. The van der Waals surface area contributed by atoms with Crippen molar-refractivity contribution in [2.24, 2.45) is 0 Å². The molecule has 1 saturated carbocycles. The van der Waals surface area contributed by atoms with E-state index in [0.29, 0.717) is 5.69 Å². The van der Waals surface area contributed by atoms with Crippen molar-refractivity contribution in [3.8, 4) is 0 Å². The molecular weight excluding hydrogens is 341 g/mol. The van der Waals surface area contributed by atoms with Crippen LogP contribution in [0.2, 0.25) is 0 Å². The Morgan fingerprint density at radius 3 is 2.46 bits per heavy atom. The number of halogens is 3. The molecular formula is C20H21F3N2O. The quantitative estimate of drug-likeness (QED) is 0.824. The summed E-state index contributed by atoms with van der Waals surface area (Å²) < 4.78 is 37.9. The number of aromatic amines is 1. The van der Waals surface area contributed by atoms with Crippen LogP contribution in [0.1, 0.15) is 64.3 Å². The van der Waals surface area contributed by atoms with E-state index in [4.69, 9.17) is 0 Å². The first kappa shape index (κ1) is 17.2. The fraction of sp³-hybridized carbons (Fsp3) is 0.450. The second kappa shape index (κ2) is 6.49. The van der Waals surface area contributed by atoms with E-state index in [0.717, 1.165) is 55.4 Å². The Kier molecular flexibility index (Phi) is 4.29. The monoisotopic (exact) mass is 362 g/mol. The van der Waals surface area contributed by atoms with E-state index in [2.05, 4.69) is 10.3 Å². The Morgan fingerprint density at radius 1 is 1.08 bits per heavy atom. The van der Waals surface area contributed by atoms with Gasteiger partial charge in [-0.25, -0.2) is 0 Å². The molecule has 4 rings (SSSR count). The van der Waals surface area contributed by atoms with Gasteiger partial charge in [0.1, 0.15) is 5.69 Å². The van der Waals surface area contributed by atoms with E-state index in [1.54, 1.807) is 12.1 Å². The van der Waals surface area contributed by atoms with Gasteiger partial charge in [0.25, 0.3) is 5.91 Å². The van der Waals surface area contributed by atoms with Crippen LogP contribution in [0.15, 0.2) is 30.5 Å². The van der Waals surface area contributed by atoms with Crippen LogP contribution in [0.5, 0.6) is 0 Å². The first-order chi connectivity index (χ1) is 12.4. The van der Waals surface area contributed by atoms with Gasteiger partial charge in [-0.05, 0) is 73.3 Å². The Labute approximate surface area is 150 Å². The molecule has 26 heavy (non-hydrogen) atoms. The van der Waals surface area contributed by atoms with E-state index in [9.17, 15) is 18.0 Å². The molecule has 0 aliphatic heterocycles. The Morgan fingerprint density at radius 2 is 1.77 bits per heavy atom. The number of aryl methyl sites for hydroxylation is 1. The maximum atomic E-state index is 12.6. The number of hydrogen-bond acceptors (Lipinski definition) is 1. The molecule has 0 spiro atoms. The highest BCUT2D eigenvalue weighted by Gasteiger charge is 2.34. The summed E-state index contributed by atoms with van der Waals surface area (Å²) in [7, 11) is 0. The zero-order valence-electron chi connectivity index (χ0n) is 14.3. The summed E-state index contributed by atoms with van der Waals surface area (Å²) in [6.07, 6.45) is 3.42. The Bertz CT molecular complexity index is 801. The average Bonchev–Trinajstić information content (AvgIpc) is 3.01. The molecule has 3 nitrogen and oxygen atoms in total. The van der Waals surface area contributed by atoms with Crippen molar-refractivity contribution < 1.29 is 18.0 Å². The molecule has 0 radical (unpaired) electrons. The lowest BCUT2D eigenvalue weighted by Crippen LogP contribution is -2.43. The first-order valence-corrected chi connectivity index (χ1v) is 9.09. The number of hydrogen-bond donors (Lipinski definition) is 2. The number of carbonyl (C=O) groups is 1. The summed E-state index contributed by atoms with van der Waals surface area (Å²) in [6, 6.07) is 5.44. The summed E-state index contributed by atoms with van der Waals surface area (Å²) in [5.74, 6) is 0.143. The lowest BCUT2D eigenvalue weighted by molar-refractivity contribution is -0.137. The second-order valence-corrected chi connectivity index (χ2v) is 7.33. The predicted molar refractivity (Wildman–Crippen MR) is 92.1 cm³/mol. The first-order valence-electron chi connectivity index (χ1n) is 9.09. The highest BCUT2D eigenvalue weighted by Crippen LogP contribution is 2.38. The van der Waals surface area contributed by atoms with Crippen LogP contribution in [-0.4, -0.2) is 16.9 Å². The van der Waals surface area contributed by atoms with Crippen LogP contribution in [-0.2, 0) is 19.0 Å². The van der Waals surface area contributed by atoms with Crippen LogP contribution in [0.25, 0.3) is 0 Å². The van der Waals surface area contributed by atoms with Crippen molar-refractivity contribution in [1.82, 2.24) is 10.3 Å². The van der Waals surface area contributed by atoms with E-state index < -0.39 is 11.7 Å². The molecule has 0 saturated heterocycles. The van der Waals surface area contributed by atoms with Crippen molar-refractivity contribution in [3.63, 3.8) is 0 Å². The van der Waals surface area contributed by atoms with Crippen LogP contribution >= 0.6 is 0 Å². The van der Waals surface area contributed by atoms with E-state index in [-0.39, 0.29) is 17.9 Å². The zero-order chi connectivity index (χ0) is 18.3. The topological polar surface area (TPSA) is 44.9 Å². The standard InChI is InChI=1S/C20H21F3N2O/c21-20(22,23)15-7-5-12(6-8-15)14-9-16(10-14)25-19(26)18-17-4-2-1-3-13(17)11-24-18/h5-8,11,14,16,24H,1-4,9-10H2,(H,25,26). The van der Waals surface area contributed by atoms with Gasteiger partial charge in [0.2, 0.25) is 0 Å². The number of carbonyl (C=O) groups excluding carboxylic acids is 1. The largest absolute Gasteiger partial charge is 0.416 e. The molecule has 0 bridgehead atoms. The second-order valence-electron chi connectivity index (χ2n) is 7.33. The van der Waals surface area contributed by atoms with E-state index in [1.165, 1.54) is 12.0 Å². The minimum atomic E-state index is -4.30. The number of fused-ring (bicyclic) bond motifs is 1. The van der Waals surface area contributed by atoms with Crippen molar-refractivity contribution in [2.75, 3.05) is 0 Å². The molecule has 2 aromatic rings. The summed E-state index contributed by atoms with van der Waals surface area (Å²) >= 11 is 0. The van der Waals surface area contributed by atoms with Crippen molar-refractivity contribution in [1.29, 1.82) is 0 Å². The molecule has 138 valence electrons. The third-order valence-electron chi connectivity index (χ3n) is 5.61. The van der Waals surface area contributed by atoms with Gasteiger partial charge in [-0.1, -0.05) is 12.1 Å². The SMILES string of the molecule is O=C(NC1CC(c2ccc(C(F)(F)F)cc2)C1)c1[nH]cc2c1CCCC2. The minimum Gasteiger partial charge on any atom is -0.357 e. The number of benzene rings is 1. The lowest BCUT2D eigenvalue weighted by atomic mass is 9.75. The van der Waals surface area contributed by atoms with Gasteiger partial charge in [0, 0.05) is 12.2 Å². The van der Waals surface area contributed by atoms with Gasteiger partial charge in [0.05, 0.1) is 5.56 Å². The van der Waals surface area contributed by atoms with Gasteiger partial charge >= 0.3 is 6.18 Å².